The summed E-state index contributed by atoms with van der Waals surface area (Å²) in [5.74, 6) is 0. The minimum atomic E-state index is -4.14. The number of aromatic nitrogens is 1. The third-order valence-electron chi connectivity index (χ3n) is 3.34. The normalized spacial score (nSPS) is 19.1. The molecule has 1 aromatic heterocycles. The molecular formula is C13H18F3N3O. The molecule has 0 radical (unpaired) electrons. The topological polar surface area (TPSA) is 39.6 Å². The molecule has 2 rings (SSSR count). The quantitative estimate of drug-likeness (QED) is 0.921. The zero-order valence-corrected chi connectivity index (χ0v) is 11.3. The Hall–Kier alpha value is -1.34. The SMILES string of the molecule is C[C@H](O)c1ccc(N2CCN(CC(F)(F)F)CC2)cn1. The summed E-state index contributed by atoms with van der Waals surface area (Å²) in [6.45, 7) is 2.66. The summed E-state index contributed by atoms with van der Waals surface area (Å²) in [5.41, 5.74) is 1.46. The van der Waals surface area contributed by atoms with Gasteiger partial charge in [-0.1, -0.05) is 0 Å². The van der Waals surface area contributed by atoms with Crippen LogP contribution in [-0.4, -0.2) is 53.9 Å². The molecule has 0 bridgehead atoms. The zero-order valence-electron chi connectivity index (χ0n) is 11.3. The molecule has 0 aromatic carbocycles. The third-order valence-corrected chi connectivity index (χ3v) is 3.34. The first-order chi connectivity index (χ1) is 9.35. The number of alkyl halides is 3. The highest BCUT2D eigenvalue weighted by atomic mass is 19.4. The van der Waals surface area contributed by atoms with Gasteiger partial charge in [-0.05, 0) is 19.1 Å². The van der Waals surface area contributed by atoms with E-state index in [2.05, 4.69) is 4.98 Å². The molecule has 112 valence electrons. The van der Waals surface area contributed by atoms with E-state index in [1.165, 1.54) is 4.90 Å². The molecule has 0 saturated carbocycles. The van der Waals surface area contributed by atoms with Crippen LogP contribution in [0.3, 0.4) is 0 Å². The van der Waals surface area contributed by atoms with Crippen molar-refractivity contribution in [2.75, 3.05) is 37.6 Å². The standard InChI is InChI=1S/C13H18F3N3O/c1-10(20)12-3-2-11(8-17-12)19-6-4-18(5-7-19)9-13(14,15)16/h2-3,8,10,20H,4-7,9H2,1H3/t10-/m0/s1. The van der Waals surface area contributed by atoms with E-state index in [9.17, 15) is 18.3 Å². The van der Waals surface area contributed by atoms with Gasteiger partial charge in [0.1, 0.15) is 0 Å². The molecule has 0 unspecified atom stereocenters. The number of halogens is 3. The van der Waals surface area contributed by atoms with Crippen LogP contribution in [0.4, 0.5) is 18.9 Å². The van der Waals surface area contributed by atoms with Crippen LogP contribution < -0.4 is 4.90 Å². The molecule has 0 amide bonds. The molecule has 1 fully saturated rings. The fourth-order valence-corrected chi connectivity index (χ4v) is 2.25. The van der Waals surface area contributed by atoms with Crippen molar-refractivity contribution >= 4 is 5.69 Å². The lowest BCUT2D eigenvalue weighted by molar-refractivity contribution is -0.146. The third kappa shape index (κ3) is 4.08. The fraction of sp³-hybridized carbons (Fsp3) is 0.615. The van der Waals surface area contributed by atoms with Gasteiger partial charge in [-0.25, -0.2) is 0 Å². The van der Waals surface area contributed by atoms with Crippen LogP contribution >= 0.6 is 0 Å². The summed E-state index contributed by atoms with van der Waals surface area (Å²) in [6, 6.07) is 3.58. The first-order valence-corrected chi connectivity index (χ1v) is 6.53. The van der Waals surface area contributed by atoms with E-state index in [1.807, 2.05) is 11.0 Å². The average molecular weight is 289 g/mol. The summed E-state index contributed by atoms with van der Waals surface area (Å²) in [4.78, 5) is 7.56. The highest BCUT2D eigenvalue weighted by molar-refractivity contribution is 5.45. The van der Waals surface area contributed by atoms with Crippen LogP contribution in [0.25, 0.3) is 0 Å². The number of pyridine rings is 1. The van der Waals surface area contributed by atoms with E-state index >= 15 is 0 Å². The number of aliphatic hydroxyl groups is 1. The summed E-state index contributed by atoms with van der Waals surface area (Å²) in [6.07, 6.45) is -3.10. The van der Waals surface area contributed by atoms with Crippen LogP contribution in [0.15, 0.2) is 18.3 Å². The zero-order chi connectivity index (χ0) is 14.8. The van der Waals surface area contributed by atoms with Crippen LogP contribution in [0.1, 0.15) is 18.7 Å². The molecule has 1 saturated heterocycles. The Bertz CT molecular complexity index is 425. The molecule has 1 aliphatic heterocycles. The second kappa shape index (κ2) is 5.97. The van der Waals surface area contributed by atoms with Crippen LogP contribution in [0.2, 0.25) is 0 Å². The Morgan fingerprint density at radius 2 is 1.90 bits per heavy atom. The van der Waals surface area contributed by atoms with Crippen molar-refractivity contribution in [3.63, 3.8) is 0 Å². The maximum absolute atomic E-state index is 12.3. The maximum Gasteiger partial charge on any atom is 0.401 e. The maximum atomic E-state index is 12.3. The predicted molar refractivity (Wildman–Crippen MR) is 69.6 cm³/mol. The lowest BCUT2D eigenvalue weighted by Gasteiger charge is -2.36. The molecule has 7 heteroatoms. The number of hydrogen-bond donors (Lipinski definition) is 1. The highest BCUT2D eigenvalue weighted by Crippen LogP contribution is 2.21. The highest BCUT2D eigenvalue weighted by Gasteiger charge is 2.32. The minimum Gasteiger partial charge on any atom is -0.387 e. The van der Waals surface area contributed by atoms with E-state index in [0.29, 0.717) is 31.9 Å². The van der Waals surface area contributed by atoms with Crippen molar-refractivity contribution in [3.05, 3.63) is 24.0 Å². The molecule has 1 N–H and O–H groups in total. The van der Waals surface area contributed by atoms with Gasteiger partial charge >= 0.3 is 6.18 Å². The summed E-state index contributed by atoms with van der Waals surface area (Å²) in [7, 11) is 0. The summed E-state index contributed by atoms with van der Waals surface area (Å²) >= 11 is 0. The predicted octanol–water partition coefficient (Wildman–Crippen LogP) is 1.82. The molecule has 1 atom stereocenters. The van der Waals surface area contributed by atoms with Gasteiger partial charge in [-0.3, -0.25) is 9.88 Å². The second-order valence-corrected chi connectivity index (χ2v) is 5.00. The fourth-order valence-electron chi connectivity index (χ4n) is 2.25. The molecule has 1 aromatic rings. The van der Waals surface area contributed by atoms with Gasteiger partial charge in [0.25, 0.3) is 0 Å². The van der Waals surface area contributed by atoms with Gasteiger partial charge in [-0.15, -0.1) is 0 Å². The molecule has 2 heterocycles. The Morgan fingerprint density at radius 3 is 2.35 bits per heavy atom. The van der Waals surface area contributed by atoms with E-state index in [0.717, 1.165) is 5.69 Å². The van der Waals surface area contributed by atoms with Crippen molar-refractivity contribution in [2.24, 2.45) is 0 Å². The number of piperazine rings is 1. The summed E-state index contributed by atoms with van der Waals surface area (Å²) < 4.78 is 36.9. The van der Waals surface area contributed by atoms with Crippen molar-refractivity contribution in [1.29, 1.82) is 0 Å². The molecule has 0 aliphatic carbocycles. The Morgan fingerprint density at radius 1 is 1.25 bits per heavy atom. The lowest BCUT2D eigenvalue weighted by atomic mass is 10.2. The monoisotopic (exact) mass is 289 g/mol. The largest absolute Gasteiger partial charge is 0.401 e. The number of hydrogen-bond acceptors (Lipinski definition) is 4. The van der Waals surface area contributed by atoms with E-state index in [1.54, 1.807) is 19.2 Å². The minimum absolute atomic E-state index is 0.387. The van der Waals surface area contributed by atoms with E-state index < -0.39 is 18.8 Å². The number of rotatable bonds is 3. The van der Waals surface area contributed by atoms with Gasteiger partial charge in [-0.2, -0.15) is 13.2 Å². The van der Waals surface area contributed by atoms with Crippen molar-refractivity contribution < 1.29 is 18.3 Å². The number of aliphatic hydroxyl groups excluding tert-OH is 1. The Kier molecular flexibility index (Phi) is 4.49. The average Bonchev–Trinajstić information content (AvgIpc) is 2.38. The van der Waals surface area contributed by atoms with Gasteiger partial charge in [0.05, 0.1) is 30.2 Å². The second-order valence-electron chi connectivity index (χ2n) is 5.00. The summed E-state index contributed by atoms with van der Waals surface area (Å²) in [5, 5.41) is 9.38. The molecule has 1 aliphatic rings. The first kappa shape index (κ1) is 15.1. The van der Waals surface area contributed by atoms with Gasteiger partial charge in [0.2, 0.25) is 0 Å². The van der Waals surface area contributed by atoms with Gasteiger partial charge < -0.3 is 10.0 Å². The van der Waals surface area contributed by atoms with Crippen molar-refractivity contribution in [3.8, 4) is 0 Å². The van der Waals surface area contributed by atoms with E-state index in [-0.39, 0.29) is 0 Å². The number of nitrogens with zero attached hydrogens (tertiary/aromatic N) is 3. The Labute approximate surface area is 115 Å². The Balaban J connectivity index is 1.90. The lowest BCUT2D eigenvalue weighted by Crippen LogP contribution is -2.49. The van der Waals surface area contributed by atoms with Gasteiger partial charge in [0, 0.05) is 26.2 Å². The van der Waals surface area contributed by atoms with Crippen LogP contribution in [-0.2, 0) is 0 Å². The van der Waals surface area contributed by atoms with E-state index in [4.69, 9.17) is 0 Å². The van der Waals surface area contributed by atoms with Crippen LogP contribution in [0, 0.1) is 0 Å². The molecule has 4 nitrogen and oxygen atoms in total. The molecule has 0 spiro atoms. The smallest absolute Gasteiger partial charge is 0.387 e. The number of anilines is 1. The van der Waals surface area contributed by atoms with Crippen molar-refractivity contribution in [2.45, 2.75) is 19.2 Å². The van der Waals surface area contributed by atoms with Gasteiger partial charge in [0.15, 0.2) is 0 Å². The van der Waals surface area contributed by atoms with Crippen molar-refractivity contribution in [1.82, 2.24) is 9.88 Å². The van der Waals surface area contributed by atoms with Crippen LogP contribution in [0.5, 0.6) is 0 Å². The molecular weight excluding hydrogens is 271 g/mol. The first-order valence-electron chi connectivity index (χ1n) is 6.53. The molecule has 20 heavy (non-hydrogen) atoms.